The maximum absolute atomic E-state index is 12.2. The van der Waals surface area contributed by atoms with Crippen LogP contribution in [-0.4, -0.2) is 24.4 Å². The van der Waals surface area contributed by atoms with E-state index < -0.39 is 18.5 Å². The molecule has 0 atom stereocenters. The van der Waals surface area contributed by atoms with Gasteiger partial charge >= 0.3 is 5.97 Å². The Bertz CT molecular complexity index is 1430. The van der Waals surface area contributed by atoms with Crippen molar-refractivity contribution in [3.63, 3.8) is 0 Å². The number of nitrogens with one attached hydrogen (secondary N) is 2. The molecule has 0 aliphatic rings. The van der Waals surface area contributed by atoms with Crippen molar-refractivity contribution in [1.82, 2.24) is 0 Å². The molecule has 8 nitrogen and oxygen atoms in total. The van der Waals surface area contributed by atoms with E-state index in [1.165, 1.54) is 0 Å². The van der Waals surface area contributed by atoms with E-state index in [0.717, 1.165) is 0 Å². The van der Waals surface area contributed by atoms with Gasteiger partial charge in [0.2, 0.25) is 5.91 Å². The van der Waals surface area contributed by atoms with Crippen molar-refractivity contribution in [3.05, 3.63) is 108 Å². The fourth-order valence-corrected chi connectivity index (χ4v) is 3.70. The first-order valence-corrected chi connectivity index (χ1v) is 12.9. The Morgan fingerprint density at radius 2 is 1.15 bits per heavy atom. The third kappa shape index (κ3) is 9.18. The van der Waals surface area contributed by atoms with Gasteiger partial charge in [-0.25, -0.2) is 0 Å². The number of hydrogen-bond donors (Lipinski definition) is 2. The lowest BCUT2D eigenvalue weighted by atomic mass is 10.2. The molecule has 0 fully saturated rings. The first-order chi connectivity index (χ1) is 19.4. The van der Waals surface area contributed by atoms with Crippen molar-refractivity contribution in [2.45, 2.75) is 19.3 Å². The van der Waals surface area contributed by atoms with Crippen LogP contribution in [0.4, 0.5) is 11.4 Å². The standard InChI is InChI=1S/C31H27ClN2O6/c32-27-9-4-5-10-28(27)40-26-19-15-22(16-20-26)33-29(35)11-6-12-31(37)38-21-30(36)34-23-13-17-25(18-14-23)39-24-7-2-1-3-8-24/h1-5,7-10,13-20H,6,11-12,21H2,(H,33,35)(H,34,36). The highest BCUT2D eigenvalue weighted by Gasteiger charge is 2.10. The lowest BCUT2D eigenvalue weighted by molar-refractivity contribution is -0.147. The zero-order valence-corrected chi connectivity index (χ0v) is 22.2. The molecule has 0 saturated carbocycles. The number of rotatable bonds is 12. The zero-order chi connectivity index (χ0) is 28.2. The molecule has 4 aromatic carbocycles. The van der Waals surface area contributed by atoms with Crippen molar-refractivity contribution in [2.24, 2.45) is 0 Å². The normalized spacial score (nSPS) is 10.3. The van der Waals surface area contributed by atoms with Crippen LogP contribution in [0.25, 0.3) is 0 Å². The number of esters is 1. The average molecular weight is 559 g/mol. The summed E-state index contributed by atoms with van der Waals surface area (Å²) < 4.78 is 16.5. The summed E-state index contributed by atoms with van der Waals surface area (Å²) in [6, 6.07) is 30.2. The van der Waals surface area contributed by atoms with Gasteiger partial charge in [-0.15, -0.1) is 0 Å². The van der Waals surface area contributed by atoms with Crippen LogP contribution >= 0.6 is 11.6 Å². The maximum Gasteiger partial charge on any atom is 0.306 e. The number of amides is 2. The van der Waals surface area contributed by atoms with E-state index in [9.17, 15) is 14.4 Å². The summed E-state index contributed by atoms with van der Waals surface area (Å²) in [5.41, 5.74) is 1.14. The molecule has 204 valence electrons. The van der Waals surface area contributed by atoms with Crippen molar-refractivity contribution >= 4 is 40.8 Å². The molecule has 40 heavy (non-hydrogen) atoms. The van der Waals surface area contributed by atoms with Crippen LogP contribution in [0.3, 0.4) is 0 Å². The summed E-state index contributed by atoms with van der Waals surface area (Å²) in [7, 11) is 0. The van der Waals surface area contributed by atoms with Crippen LogP contribution in [0, 0.1) is 0 Å². The predicted molar refractivity (Wildman–Crippen MR) is 153 cm³/mol. The topological polar surface area (TPSA) is 103 Å². The first kappa shape index (κ1) is 28.2. The van der Waals surface area contributed by atoms with Crippen LogP contribution in [0.2, 0.25) is 5.02 Å². The third-order valence-corrected chi connectivity index (χ3v) is 5.78. The van der Waals surface area contributed by atoms with Crippen LogP contribution < -0.4 is 20.1 Å². The smallest absolute Gasteiger partial charge is 0.306 e. The highest BCUT2D eigenvalue weighted by atomic mass is 35.5. The van der Waals surface area contributed by atoms with Crippen LogP contribution in [0.15, 0.2) is 103 Å². The number of anilines is 2. The second-order valence-corrected chi connectivity index (χ2v) is 9.01. The molecule has 0 radical (unpaired) electrons. The molecule has 2 N–H and O–H groups in total. The summed E-state index contributed by atoms with van der Waals surface area (Å²) in [6.07, 6.45) is 0.413. The molecule has 0 saturated heterocycles. The Kier molecular flexibility index (Phi) is 10.1. The number of para-hydroxylation sites is 2. The Labute approximate surface area is 236 Å². The first-order valence-electron chi connectivity index (χ1n) is 12.6. The third-order valence-electron chi connectivity index (χ3n) is 5.47. The second-order valence-electron chi connectivity index (χ2n) is 8.61. The van der Waals surface area contributed by atoms with Crippen molar-refractivity contribution < 1.29 is 28.6 Å². The van der Waals surface area contributed by atoms with Crippen molar-refractivity contribution in [3.8, 4) is 23.0 Å². The minimum Gasteiger partial charge on any atom is -0.457 e. The number of ether oxygens (including phenoxy) is 3. The minimum absolute atomic E-state index is 0.0107. The number of halogens is 1. The molecule has 4 rings (SSSR count). The van der Waals surface area contributed by atoms with Crippen LogP contribution in [-0.2, 0) is 19.1 Å². The lowest BCUT2D eigenvalue weighted by Gasteiger charge is -2.09. The molecule has 0 aliphatic carbocycles. The van der Waals surface area contributed by atoms with E-state index in [1.54, 1.807) is 60.7 Å². The minimum atomic E-state index is -0.560. The van der Waals surface area contributed by atoms with Gasteiger partial charge < -0.3 is 24.8 Å². The van der Waals surface area contributed by atoms with E-state index in [4.69, 9.17) is 25.8 Å². The van der Waals surface area contributed by atoms with Crippen molar-refractivity contribution in [2.75, 3.05) is 17.2 Å². The van der Waals surface area contributed by atoms with Gasteiger partial charge in [0, 0.05) is 24.2 Å². The Balaban J connectivity index is 1.10. The summed E-state index contributed by atoms with van der Waals surface area (Å²) in [6.45, 7) is -0.421. The van der Waals surface area contributed by atoms with Crippen LogP contribution in [0.5, 0.6) is 23.0 Å². The van der Waals surface area contributed by atoms with Gasteiger partial charge in [-0.3, -0.25) is 14.4 Å². The second kappa shape index (κ2) is 14.4. The molecule has 0 heterocycles. The van der Waals surface area contributed by atoms with Gasteiger partial charge in [-0.05, 0) is 79.2 Å². The van der Waals surface area contributed by atoms with Gasteiger partial charge in [-0.2, -0.15) is 0 Å². The Hall–Kier alpha value is -4.82. The van der Waals surface area contributed by atoms with E-state index in [0.29, 0.717) is 39.4 Å². The lowest BCUT2D eigenvalue weighted by Crippen LogP contribution is -2.21. The van der Waals surface area contributed by atoms with Gasteiger partial charge in [-0.1, -0.05) is 41.9 Å². The molecule has 0 aliphatic heterocycles. The van der Waals surface area contributed by atoms with E-state index in [2.05, 4.69) is 10.6 Å². The fourth-order valence-electron chi connectivity index (χ4n) is 3.52. The highest BCUT2D eigenvalue weighted by molar-refractivity contribution is 6.32. The Morgan fingerprint density at radius 1 is 0.600 bits per heavy atom. The number of benzene rings is 4. The summed E-state index contributed by atoms with van der Waals surface area (Å²) in [5.74, 6) is 1.17. The SMILES string of the molecule is O=C(CCCC(=O)OCC(=O)Nc1ccc(Oc2ccccc2)cc1)Nc1ccc(Oc2ccccc2Cl)cc1. The van der Waals surface area contributed by atoms with E-state index in [-0.39, 0.29) is 25.2 Å². The highest BCUT2D eigenvalue weighted by Crippen LogP contribution is 2.29. The van der Waals surface area contributed by atoms with Gasteiger partial charge in [0.15, 0.2) is 6.61 Å². The predicted octanol–water partition coefficient (Wildman–Crippen LogP) is 7.22. The molecule has 0 aromatic heterocycles. The zero-order valence-electron chi connectivity index (χ0n) is 21.5. The molecular formula is C31H27ClN2O6. The summed E-state index contributed by atoms with van der Waals surface area (Å²) in [4.78, 5) is 36.3. The van der Waals surface area contributed by atoms with Crippen LogP contribution in [0.1, 0.15) is 19.3 Å². The Morgan fingerprint density at radius 3 is 1.80 bits per heavy atom. The molecular weight excluding hydrogens is 532 g/mol. The molecule has 0 unspecified atom stereocenters. The quantitative estimate of drug-likeness (QED) is 0.178. The molecule has 2 amide bonds. The molecule has 9 heteroatoms. The van der Waals surface area contributed by atoms with E-state index >= 15 is 0 Å². The van der Waals surface area contributed by atoms with Gasteiger partial charge in [0.1, 0.15) is 23.0 Å². The van der Waals surface area contributed by atoms with Gasteiger partial charge in [0.25, 0.3) is 5.91 Å². The fraction of sp³-hybridized carbons (Fsp3) is 0.129. The van der Waals surface area contributed by atoms with Gasteiger partial charge in [0.05, 0.1) is 5.02 Å². The summed E-state index contributed by atoms with van der Waals surface area (Å²) in [5, 5.41) is 5.93. The molecule has 4 aromatic rings. The monoisotopic (exact) mass is 558 g/mol. The van der Waals surface area contributed by atoms with Crippen molar-refractivity contribution in [1.29, 1.82) is 0 Å². The summed E-state index contributed by atoms with van der Waals surface area (Å²) >= 11 is 6.10. The average Bonchev–Trinajstić information content (AvgIpc) is 2.96. The number of hydrogen-bond acceptors (Lipinski definition) is 6. The largest absolute Gasteiger partial charge is 0.457 e. The number of carbonyl (C=O) groups is 3. The maximum atomic E-state index is 12.2. The number of carbonyl (C=O) groups excluding carboxylic acids is 3. The molecule has 0 bridgehead atoms. The molecule has 0 spiro atoms. The van der Waals surface area contributed by atoms with E-state index in [1.807, 2.05) is 42.5 Å².